The van der Waals surface area contributed by atoms with Gasteiger partial charge in [0.25, 0.3) is 0 Å². The second-order valence-corrected chi connectivity index (χ2v) is 8.41. The number of guanidine groups is 1. The Morgan fingerprint density at radius 2 is 2.13 bits per heavy atom. The van der Waals surface area contributed by atoms with Gasteiger partial charge in [-0.1, -0.05) is 18.2 Å². The molecule has 0 aliphatic rings. The molecular weight excluding hydrogens is 410 g/mol. The van der Waals surface area contributed by atoms with Gasteiger partial charge in [0.05, 0.1) is 18.3 Å². The van der Waals surface area contributed by atoms with E-state index in [0.717, 1.165) is 23.9 Å². The number of aliphatic imine (C=N–C) groups is 1. The molecule has 0 spiro atoms. The summed E-state index contributed by atoms with van der Waals surface area (Å²) in [4.78, 5) is 25.3. The maximum Gasteiger partial charge on any atom is 0.350 e. The summed E-state index contributed by atoms with van der Waals surface area (Å²) in [6.07, 6.45) is 2.92. The van der Waals surface area contributed by atoms with Crippen molar-refractivity contribution in [2.24, 2.45) is 4.99 Å². The first-order chi connectivity index (χ1) is 14.9. The molecule has 1 atom stereocenters. The van der Waals surface area contributed by atoms with E-state index in [9.17, 15) is 4.79 Å². The average molecular weight is 442 g/mol. The molecule has 0 saturated heterocycles. The number of benzene rings is 1. The highest BCUT2D eigenvalue weighted by molar-refractivity contribution is 7.13. The molecule has 3 rings (SSSR count). The molecule has 31 heavy (non-hydrogen) atoms. The number of nitrogens with zero attached hydrogens (tertiary/aromatic N) is 2. The summed E-state index contributed by atoms with van der Waals surface area (Å²) in [5.74, 6) is 0.419. The molecule has 3 N–H and O–H groups in total. The second kappa shape index (κ2) is 10.4. The van der Waals surface area contributed by atoms with Crippen molar-refractivity contribution < 1.29 is 9.53 Å². The summed E-state index contributed by atoms with van der Waals surface area (Å²) in [5, 5.41) is 8.78. The largest absolute Gasteiger partial charge is 0.462 e. The van der Waals surface area contributed by atoms with Gasteiger partial charge in [0.2, 0.25) is 0 Å². The highest BCUT2D eigenvalue weighted by atomic mass is 32.1. The number of nitrogens with one attached hydrogen (secondary N) is 3. The van der Waals surface area contributed by atoms with E-state index >= 15 is 0 Å². The summed E-state index contributed by atoms with van der Waals surface area (Å²) in [6, 6.07) is 6.27. The summed E-state index contributed by atoms with van der Waals surface area (Å²) in [6.45, 7) is 11.6. The molecule has 3 aromatic rings. The van der Waals surface area contributed by atoms with E-state index in [4.69, 9.17) is 9.73 Å². The first kappa shape index (κ1) is 22.8. The summed E-state index contributed by atoms with van der Waals surface area (Å²) in [7, 11) is 0. The second-order valence-electron chi connectivity index (χ2n) is 7.38. The van der Waals surface area contributed by atoms with E-state index in [0.29, 0.717) is 23.7 Å². The predicted octanol–water partition coefficient (Wildman–Crippen LogP) is 4.28. The minimum absolute atomic E-state index is 0.0829. The highest BCUT2D eigenvalue weighted by Gasteiger charge is 2.20. The number of H-pyrrole nitrogens is 1. The van der Waals surface area contributed by atoms with Crippen LogP contribution in [0.3, 0.4) is 0 Å². The van der Waals surface area contributed by atoms with Crippen LogP contribution in [0, 0.1) is 13.8 Å². The molecule has 7 nitrogen and oxygen atoms in total. The van der Waals surface area contributed by atoms with E-state index < -0.39 is 0 Å². The van der Waals surface area contributed by atoms with Crippen molar-refractivity contribution in [3.63, 3.8) is 0 Å². The fourth-order valence-electron chi connectivity index (χ4n) is 3.43. The third-order valence-electron chi connectivity index (χ3n) is 5.00. The van der Waals surface area contributed by atoms with Crippen molar-refractivity contribution in [3.8, 4) is 0 Å². The van der Waals surface area contributed by atoms with Crippen LogP contribution in [0.5, 0.6) is 0 Å². The first-order valence-electron chi connectivity index (χ1n) is 10.7. The van der Waals surface area contributed by atoms with Crippen molar-refractivity contribution in [3.05, 3.63) is 51.1 Å². The van der Waals surface area contributed by atoms with Gasteiger partial charge in [-0.05, 0) is 52.2 Å². The number of ether oxygens (including phenoxy) is 1. The van der Waals surface area contributed by atoms with E-state index in [1.165, 1.54) is 33.4 Å². The fraction of sp³-hybridized carbons (Fsp3) is 0.435. The molecule has 0 aliphatic carbocycles. The molecule has 0 amide bonds. The van der Waals surface area contributed by atoms with E-state index in [1.54, 1.807) is 6.92 Å². The van der Waals surface area contributed by atoms with Crippen LogP contribution in [0.15, 0.2) is 29.4 Å². The smallest absolute Gasteiger partial charge is 0.350 e. The van der Waals surface area contributed by atoms with Gasteiger partial charge in [-0.2, -0.15) is 0 Å². The average Bonchev–Trinajstić information content (AvgIpc) is 3.33. The molecule has 8 heteroatoms. The number of para-hydroxylation sites is 1. The Labute approximate surface area is 187 Å². The van der Waals surface area contributed by atoms with Gasteiger partial charge in [0.15, 0.2) is 5.96 Å². The Kier molecular flexibility index (Phi) is 7.68. The third-order valence-corrected chi connectivity index (χ3v) is 6.32. The van der Waals surface area contributed by atoms with Crippen LogP contribution >= 0.6 is 11.3 Å². The SMILES string of the molecule is CCNC(=NCCc1c[nH]c2c(C)cccc12)NC(C)c1nc(C)c(C(=O)OCC)s1. The minimum Gasteiger partial charge on any atom is -0.462 e. The lowest BCUT2D eigenvalue weighted by Crippen LogP contribution is -2.38. The number of fused-ring (bicyclic) bond motifs is 1. The Balaban J connectivity index is 1.67. The van der Waals surface area contributed by atoms with Gasteiger partial charge in [0.1, 0.15) is 9.88 Å². The van der Waals surface area contributed by atoms with E-state index in [2.05, 4.69) is 51.9 Å². The molecule has 1 unspecified atom stereocenters. The molecule has 0 aliphatic heterocycles. The number of thiazole rings is 1. The maximum atomic E-state index is 12.1. The molecule has 0 bridgehead atoms. The van der Waals surface area contributed by atoms with Gasteiger partial charge in [-0.3, -0.25) is 4.99 Å². The number of aromatic nitrogens is 2. The molecule has 166 valence electrons. The van der Waals surface area contributed by atoms with Crippen molar-refractivity contribution in [1.29, 1.82) is 0 Å². The van der Waals surface area contributed by atoms with Crippen molar-refractivity contribution >= 4 is 34.2 Å². The van der Waals surface area contributed by atoms with Crippen LogP contribution in [0.25, 0.3) is 10.9 Å². The maximum absolute atomic E-state index is 12.1. The number of hydrogen-bond donors (Lipinski definition) is 3. The lowest BCUT2D eigenvalue weighted by molar-refractivity contribution is 0.0531. The zero-order valence-corrected chi connectivity index (χ0v) is 19.7. The predicted molar refractivity (Wildman–Crippen MR) is 127 cm³/mol. The molecule has 0 fully saturated rings. The van der Waals surface area contributed by atoms with E-state index in [1.807, 2.05) is 20.8 Å². The zero-order valence-electron chi connectivity index (χ0n) is 18.8. The van der Waals surface area contributed by atoms with Crippen molar-refractivity contribution in [2.75, 3.05) is 19.7 Å². The first-order valence-corrected chi connectivity index (χ1v) is 11.5. The number of carbonyl (C=O) groups excluding carboxylic acids is 1. The summed E-state index contributed by atoms with van der Waals surface area (Å²) in [5.41, 5.74) is 4.40. The van der Waals surface area contributed by atoms with Gasteiger partial charge in [0, 0.05) is 30.2 Å². The van der Waals surface area contributed by atoms with Gasteiger partial charge < -0.3 is 20.4 Å². The quantitative estimate of drug-likeness (QED) is 0.276. The number of rotatable bonds is 8. The molecule has 1 aromatic carbocycles. The van der Waals surface area contributed by atoms with Crippen molar-refractivity contribution in [1.82, 2.24) is 20.6 Å². The van der Waals surface area contributed by atoms with Crippen LogP contribution in [0.2, 0.25) is 0 Å². The topological polar surface area (TPSA) is 91.4 Å². The van der Waals surface area contributed by atoms with Crippen LogP contribution in [-0.4, -0.2) is 41.6 Å². The summed E-state index contributed by atoms with van der Waals surface area (Å²) >= 11 is 1.37. The molecule has 0 radical (unpaired) electrons. The number of aromatic amines is 1. The summed E-state index contributed by atoms with van der Waals surface area (Å²) < 4.78 is 5.12. The standard InChI is InChI=1S/C23H31N5O2S/c1-6-24-23(25-12-11-17-13-26-19-14(3)9-8-10-18(17)19)28-16(5)21-27-15(4)20(31-21)22(29)30-7-2/h8-10,13,16,26H,6-7,11-12H2,1-5H3,(H2,24,25,28). The molecular formula is C23H31N5O2S. The normalized spacial score (nSPS) is 12.7. The number of hydrogen-bond acceptors (Lipinski definition) is 5. The third kappa shape index (κ3) is 5.44. The van der Waals surface area contributed by atoms with Crippen LogP contribution in [-0.2, 0) is 11.2 Å². The number of carbonyl (C=O) groups is 1. The van der Waals surface area contributed by atoms with Gasteiger partial charge in [-0.15, -0.1) is 11.3 Å². The number of esters is 1. The Hall–Kier alpha value is -2.87. The Morgan fingerprint density at radius 1 is 1.32 bits per heavy atom. The highest BCUT2D eigenvalue weighted by Crippen LogP contribution is 2.24. The van der Waals surface area contributed by atoms with Crippen LogP contribution < -0.4 is 10.6 Å². The lowest BCUT2D eigenvalue weighted by Gasteiger charge is -2.16. The molecule has 0 saturated carbocycles. The van der Waals surface area contributed by atoms with Gasteiger partial charge >= 0.3 is 5.97 Å². The van der Waals surface area contributed by atoms with Crippen molar-refractivity contribution in [2.45, 2.75) is 47.1 Å². The molecule has 2 aromatic heterocycles. The fourth-order valence-corrected chi connectivity index (χ4v) is 4.40. The van der Waals surface area contributed by atoms with Gasteiger partial charge in [-0.25, -0.2) is 9.78 Å². The Morgan fingerprint density at radius 3 is 2.87 bits per heavy atom. The Bertz CT molecular complexity index is 1070. The zero-order chi connectivity index (χ0) is 22.4. The van der Waals surface area contributed by atoms with E-state index in [-0.39, 0.29) is 12.0 Å². The monoisotopic (exact) mass is 441 g/mol. The number of aryl methyl sites for hydroxylation is 2. The molecule has 2 heterocycles. The van der Waals surface area contributed by atoms with Crippen LogP contribution in [0.1, 0.15) is 58.3 Å². The minimum atomic E-state index is -0.314. The lowest BCUT2D eigenvalue weighted by atomic mass is 10.1. The van der Waals surface area contributed by atoms with Crippen LogP contribution in [0.4, 0.5) is 0 Å².